The van der Waals surface area contributed by atoms with Gasteiger partial charge >= 0.3 is 17.9 Å². The molecule has 0 fully saturated rings. The second-order valence-corrected chi connectivity index (χ2v) is 6.47. The molecule has 7 nitrogen and oxygen atoms in total. The first-order valence-corrected chi connectivity index (χ1v) is 8.99. The number of ether oxygens (including phenoxy) is 2. The molecule has 2 rings (SSSR count). The average Bonchev–Trinajstić information content (AvgIpc) is 2.94. The van der Waals surface area contributed by atoms with Crippen molar-refractivity contribution in [3.63, 3.8) is 0 Å². The zero-order valence-corrected chi connectivity index (χ0v) is 15.0. The summed E-state index contributed by atoms with van der Waals surface area (Å²) in [6.07, 6.45) is 4.71. The SMILES string of the molecule is CCOC(=O)C(=CNc1sc2c(c1C(=O)O)CCCC2)C(=O)OCC. The fourth-order valence-corrected chi connectivity index (χ4v) is 3.90. The Morgan fingerprint density at radius 1 is 1.12 bits per heavy atom. The third-order valence-electron chi connectivity index (χ3n) is 3.72. The molecule has 0 unspecified atom stereocenters. The Bertz CT molecular complexity index is 686. The number of hydrogen-bond acceptors (Lipinski definition) is 7. The van der Waals surface area contributed by atoms with Crippen molar-refractivity contribution in [3.05, 3.63) is 27.8 Å². The molecule has 1 aromatic rings. The normalized spacial score (nSPS) is 12.7. The molecule has 1 aromatic heterocycles. The van der Waals surface area contributed by atoms with Crippen molar-refractivity contribution < 1.29 is 29.0 Å². The number of carboxylic acid groups (broad SMARTS) is 1. The van der Waals surface area contributed by atoms with Crippen LogP contribution in [0, 0.1) is 0 Å². The molecule has 2 N–H and O–H groups in total. The van der Waals surface area contributed by atoms with Crippen molar-refractivity contribution >= 4 is 34.2 Å². The van der Waals surface area contributed by atoms with Gasteiger partial charge in [0.2, 0.25) is 0 Å². The van der Waals surface area contributed by atoms with E-state index in [1.807, 2.05) is 0 Å². The third-order valence-corrected chi connectivity index (χ3v) is 4.95. The van der Waals surface area contributed by atoms with Gasteiger partial charge in [-0.05, 0) is 45.1 Å². The van der Waals surface area contributed by atoms with E-state index < -0.39 is 17.9 Å². The van der Waals surface area contributed by atoms with E-state index in [0.29, 0.717) is 5.00 Å². The minimum absolute atomic E-state index is 0.114. The Morgan fingerprint density at radius 2 is 1.72 bits per heavy atom. The van der Waals surface area contributed by atoms with Crippen LogP contribution in [0.4, 0.5) is 5.00 Å². The molecule has 0 amide bonds. The molecule has 0 aliphatic heterocycles. The minimum atomic E-state index is -1.02. The van der Waals surface area contributed by atoms with Gasteiger partial charge in [-0.3, -0.25) is 0 Å². The van der Waals surface area contributed by atoms with E-state index in [1.165, 1.54) is 17.5 Å². The summed E-state index contributed by atoms with van der Waals surface area (Å²) in [6, 6.07) is 0. The molecule has 136 valence electrons. The summed E-state index contributed by atoms with van der Waals surface area (Å²) < 4.78 is 9.72. The molecule has 0 atom stereocenters. The lowest BCUT2D eigenvalue weighted by atomic mass is 9.95. The number of hydrogen-bond donors (Lipinski definition) is 2. The molecule has 0 radical (unpaired) electrons. The predicted octanol–water partition coefficient (Wildman–Crippen LogP) is 2.75. The Balaban J connectivity index is 2.33. The van der Waals surface area contributed by atoms with E-state index in [1.54, 1.807) is 13.8 Å². The van der Waals surface area contributed by atoms with Gasteiger partial charge in [-0.15, -0.1) is 11.3 Å². The first-order valence-electron chi connectivity index (χ1n) is 8.18. The summed E-state index contributed by atoms with van der Waals surface area (Å²) in [4.78, 5) is 36.6. The maximum Gasteiger partial charge on any atom is 0.347 e. The van der Waals surface area contributed by atoms with E-state index in [4.69, 9.17) is 9.47 Å². The monoisotopic (exact) mass is 367 g/mol. The zero-order valence-electron chi connectivity index (χ0n) is 14.2. The second-order valence-electron chi connectivity index (χ2n) is 5.36. The molecule has 0 aromatic carbocycles. The minimum Gasteiger partial charge on any atom is -0.478 e. The van der Waals surface area contributed by atoms with Gasteiger partial charge in [-0.25, -0.2) is 14.4 Å². The highest BCUT2D eigenvalue weighted by Gasteiger charge is 2.26. The first kappa shape index (κ1) is 19.0. The van der Waals surface area contributed by atoms with Gasteiger partial charge in [0.1, 0.15) is 5.00 Å². The first-order chi connectivity index (χ1) is 12.0. The highest BCUT2D eigenvalue weighted by atomic mass is 32.1. The van der Waals surface area contributed by atoms with Gasteiger partial charge < -0.3 is 19.9 Å². The molecular formula is C17H21NO6S. The fraction of sp³-hybridized carbons (Fsp3) is 0.471. The number of nitrogens with one attached hydrogen (secondary N) is 1. The van der Waals surface area contributed by atoms with Crippen LogP contribution in [0.15, 0.2) is 11.8 Å². The predicted molar refractivity (Wildman–Crippen MR) is 92.9 cm³/mol. The number of thiophene rings is 1. The van der Waals surface area contributed by atoms with Crippen LogP contribution in [-0.4, -0.2) is 36.2 Å². The Morgan fingerprint density at radius 3 is 2.28 bits per heavy atom. The molecule has 0 spiro atoms. The Labute approximate surface area is 149 Å². The summed E-state index contributed by atoms with van der Waals surface area (Å²) >= 11 is 1.34. The highest BCUT2D eigenvalue weighted by molar-refractivity contribution is 7.16. The van der Waals surface area contributed by atoms with Crippen molar-refractivity contribution in [1.29, 1.82) is 0 Å². The second kappa shape index (κ2) is 8.66. The molecule has 1 aliphatic rings. The highest BCUT2D eigenvalue weighted by Crippen LogP contribution is 2.38. The van der Waals surface area contributed by atoms with Crippen molar-refractivity contribution in [2.24, 2.45) is 0 Å². The van der Waals surface area contributed by atoms with Crippen LogP contribution in [0.5, 0.6) is 0 Å². The number of carbonyl (C=O) groups is 3. The van der Waals surface area contributed by atoms with E-state index in [-0.39, 0.29) is 24.4 Å². The molecular weight excluding hydrogens is 346 g/mol. The third kappa shape index (κ3) is 4.39. The summed E-state index contributed by atoms with van der Waals surface area (Å²) in [7, 11) is 0. The molecule has 1 heterocycles. The molecule has 25 heavy (non-hydrogen) atoms. The number of anilines is 1. The lowest BCUT2D eigenvalue weighted by Crippen LogP contribution is -2.19. The number of rotatable bonds is 7. The van der Waals surface area contributed by atoms with E-state index in [9.17, 15) is 19.5 Å². The number of aromatic carboxylic acids is 1. The van der Waals surface area contributed by atoms with Crippen LogP contribution in [-0.2, 0) is 31.9 Å². The number of carbonyl (C=O) groups excluding carboxylic acids is 2. The smallest absolute Gasteiger partial charge is 0.347 e. The van der Waals surface area contributed by atoms with Gasteiger partial charge in [0.05, 0.1) is 18.8 Å². The van der Waals surface area contributed by atoms with Crippen LogP contribution in [0.25, 0.3) is 0 Å². The summed E-state index contributed by atoms with van der Waals surface area (Å²) in [5.41, 5.74) is 0.753. The standard InChI is InChI=1S/C17H21NO6S/c1-3-23-16(21)11(17(22)24-4-2)9-18-14-13(15(19)20)10-7-5-6-8-12(10)25-14/h9,18H,3-8H2,1-2H3,(H,19,20). The fourth-order valence-electron chi connectivity index (χ4n) is 2.65. The summed E-state index contributed by atoms with van der Waals surface area (Å²) in [5.74, 6) is -2.65. The summed E-state index contributed by atoms with van der Waals surface area (Å²) in [5, 5.41) is 12.7. The van der Waals surface area contributed by atoms with Crippen LogP contribution in [0.3, 0.4) is 0 Å². The quantitative estimate of drug-likeness (QED) is 0.331. The van der Waals surface area contributed by atoms with Crippen LogP contribution in [0.1, 0.15) is 47.5 Å². The van der Waals surface area contributed by atoms with Crippen LogP contribution >= 0.6 is 11.3 Å². The molecule has 0 saturated carbocycles. The van der Waals surface area contributed by atoms with E-state index in [2.05, 4.69) is 5.32 Å². The lowest BCUT2D eigenvalue weighted by Gasteiger charge is -2.10. The van der Waals surface area contributed by atoms with Gasteiger partial charge in [-0.1, -0.05) is 0 Å². The summed E-state index contributed by atoms with van der Waals surface area (Å²) in [6.45, 7) is 3.49. The van der Waals surface area contributed by atoms with Gasteiger partial charge in [0, 0.05) is 11.1 Å². The van der Waals surface area contributed by atoms with Crippen LogP contribution < -0.4 is 5.32 Å². The van der Waals surface area contributed by atoms with Crippen molar-refractivity contribution in [2.75, 3.05) is 18.5 Å². The van der Waals surface area contributed by atoms with Gasteiger partial charge in [0.15, 0.2) is 5.57 Å². The molecule has 8 heteroatoms. The van der Waals surface area contributed by atoms with Gasteiger partial charge in [0.25, 0.3) is 0 Å². The molecule has 0 saturated heterocycles. The molecule has 1 aliphatic carbocycles. The maximum absolute atomic E-state index is 11.9. The average molecular weight is 367 g/mol. The molecule has 0 bridgehead atoms. The number of fused-ring (bicyclic) bond motifs is 1. The van der Waals surface area contributed by atoms with Crippen LogP contribution in [0.2, 0.25) is 0 Å². The number of aryl methyl sites for hydroxylation is 1. The van der Waals surface area contributed by atoms with E-state index >= 15 is 0 Å². The van der Waals surface area contributed by atoms with Crippen molar-refractivity contribution in [1.82, 2.24) is 0 Å². The zero-order chi connectivity index (χ0) is 18.4. The van der Waals surface area contributed by atoms with Gasteiger partial charge in [-0.2, -0.15) is 0 Å². The Hall–Kier alpha value is -2.35. The number of esters is 2. The van der Waals surface area contributed by atoms with Crippen molar-refractivity contribution in [3.8, 4) is 0 Å². The van der Waals surface area contributed by atoms with Crippen molar-refractivity contribution in [2.45, 2.75) is 39.5 Å². The topological polar surface area (TPSA) is 102 Å². The lowest BCUT2D eigenvalue weighted by molar-refractivity contribution is -0.146. The Kier molecular flexibility index (Phi) is 6.58. The maximum atomic E-state index is 11.9. The number of carboxylic acids is 1. The van der Waals surface area contributed by atoms with E-state index in [0.717, 1.165) is 36.1 Å². The largest absolute Gasteiger partial charge is 0.478 e.